The van der Waals surface area contributed by atoms with Crippen molar-refractivity contribution in [2.45, 2.75) is 0 Å². The maximum atomic E-state index is 5.95. The second-order valence-corrected chi connectivity index (χ2v) is 4.84. The smallest absolute Gasteiger partial charge is 0.190 e. The minimum atomic E-state index is 0.172. The van der Waals surface area contributed by atoms with E-state index in [0.717, 1.165) is 0 Å². The molecule has 0 bridgehead atoms. The predicted molar refractivity (Wildman–Crippen MR) is 86.5 cm³/mol. The Morgan fingerprint density at radius 2 is 1.74 bits per heavy atom. The fourth-order valence-corrected chi connectivity index (χ4v) is 2.28. The van der Waals surface area contributed by atoms with Gasteiger partial charge in [-0.1, -0.05) is 18.2 Å². The van der Waals surface area contributed by atoms with E-state index in [4.69, 9.17) is 17.2 Å². The summed E-state index contributed by atoms with van der Waals surface area (Å²) in [5, 5.41) is 19.7. The van der Waals surface area contributed by atoms with Crippen molar-refractivity contribution in [2.75, 3.05) is 17.2 Å². The van der Waals surface area contributed by atoms with Gasteiger partial charge >= 0.3 is 0 Å². The third-order valence-electron chi connectivity index (χ3n) is 3.34. The Balaban J connectivity index is 1.94. The molecule has 0 aliphatic rings. The maximum absolute atomic E-state index is 5.95. The van der Waals surface area contributed by atoms with E-state index in [2.05, 4.69) is 30.5 Å². The van der Waals surface area contributed by atoms with Crippen LogP contribution in [0.2, 0.25) is 0 Å². The van der Waals surface area contributed by atoms with E-state index in [1.807, 2.05) is 30.3 Å². The van der Waals surface area contributed by atoms with Crippen LogP contribution in [-0.2, 0) is 0 Å². The zero-order valence-electron chi connectivity index (χ0n) is 11.8. The SMILES string of the molecule is Nc1nn2c(nc(N)c3c(N)[nH]nc32)c1N=Nc1ccccc1. The van der Waals surface area contributed by atoms with Crippen molar-refractivity contribution in [3.8, 4) is 0 Å². The molecule has 0 spiro atoms. The van der Waals surface area contributed by atoms with Gasteiger partial charge in [0, 0.05) is 0 Å². The quantitative estimate of drug-likeness (QED) is 0.412. The van der Waals surface area contributed by atoms with E-state index >= 15 is 0 Å². The first-order chi connectivity index (χ1) is 11.1. The number of aromatic amines is 1. The Labute approximate surface area is 129 Å². The maximum Gasteiger partial charge on any atom is 0.190 e. The lowest BCUT2D eigenvalue weighted by molar-refractivity contribution is 0.956. The van der Waals surface area contributed by atoms with Gasteiger partial charge in [0.25, 0.3) is 0 Å². The molecule has 0 amide bonds. The van der Waals surface area contributed by atoms with Crippen molar-refractivity contribution < 1.29 is 0 Å². The van der Waals surface area contributed by atoms with Gasteiger partial charge in [0.1, 0.15) is 17.0 Å². The van der Waals surface area contributed by atoms with Gasteiger partial charge in [0.15, 0.2) is 22.8 Å². The molecule has 10 nitrogen and oxygen atoms in total. The molecule has 3 heterocycles. The molecule has 3 aromatic heterocycles. The van der Waals surface area contributed by atoms with Crippen molar-refractivity contribution in [1.29, 1.82) is 0 Å². The number of hydrogen-bond donors (Lipinski definition) is 4. The van der Waals surface area contributed by atoms with Crippen molar-refractivity contribution in [3.05, 3.63) is 30.3 Å². The van der Waals surface area contributed by atoms with Crippen LogP contribution in [0.5, 0.6) is 0 Å². The molecule has 0 saturated carbocycles. The highest BCUT2D eigenvalue weighted by Crippen LogP contribution is 2.32. The Morgan fingerprint density at radius 3 is 2.52 bits per heavy atom. The second kappa shape index (κ2) is 4.66. The molecule has 7 N–H and O–H groups in total. The normalized spacial score (nSPS) is 11.8. The lowest BCUT2D eigenvalue weighted by Gasteiger charge is -1.98. The van der Waals surface area contributed by atoms with Gasteiger partial charge in [-0.2, -0.15) is 14.7 Å². The number of hydrogen-bond acceptors (Lipinski definition) is 8. The van der Waals surface area contributed by atoms with Crippen LogP contribution in [0.4, 0.5) is 28.8 Å². The van der Waals surface area contributed by atoms with Crippen molar-refractivity contribution in [2.24, 2.45) is 10.2 Å². The van der Waals surface area contributed by atoms with Gasteiger partial charge < -0.3 is 17.2 Å². The van der Waals surface area contributed by atoms with Gasteiger partial charge in [0.2, 0.25) is 0 Å². The average molecular weight is 308 g/mol. The van der Waals surface area contributed by atoms with E-state index in [1.165, 1.54) is 4.52 Å². The number of anilines is 3. The van der Waals surface area contributed by atoms with Crippen LogP contribution in [0.15, 0.2) is 40.6 Å². The second-order valence-electron chi connectivity index (χ2n) is 4.84. The summed E-state index contributed by atoms with van der Waals surface area (Å²) in [5.74, 6) is 0.703. The summed E-state index contributed by atoms with van der Waals surface area (Å²) in [5.41, 5.74) is 19.5. The van der Waals surface area contributed by atoms with Crippen LogP contribution in [0, 0.1) is 0 Å². The van der Waals surface area contributed by atoms with E-state index in [0.29, 0.717) is 33.9 Å². The number of azo groups is 1. The number of nitrogens with two attached hydrogens (primary N) is 3. The number of aromatic nitrogens is 5. The minimum absolute atomic E-state index is 0.172. The van der Waals surface area contributed by atoms with Gasteiger partial charge in [-0.3, -0.25) is 5.10 Å². The van der Waals surface area contributed by atoms with E-state index in [-0.39, 0.29) is 11.6 Å². The molecule has 0 unspecified atom stereocenters. The topological polar surface area (TPSA) is 162 Å². The van der Waals surface area contributed by atoms with Crippen LogP contribution in [0.25, 0.3) is 16.7 Å². The van der Waals surface area contributed by atoms with Crippen LogP contribution in [0.3, 0.4) is 0 Å². The third-order valence-corrected chi connectivity index (χ3v) is 3.34. The lowest BCUT2D eigenvalue weighted by Crippen LogP contribution is -1.99. The molecule has 0 saturated heterocycles. The van der Waals surface area contributed by atoms with Gasteiger partial charge in [-0.25, -0.2) is 4.98 Å². The minimum Gasteiger partial charge on any atom is -0.383 e. The molecule has 1 aromatic carbocycles. The zero-order valence-corrected chi connectivity index (χ0v) is 11.8. The molecule has 4 rings (SSSR count). The van der Waals surface area contributed by atoms with Crippen LogP contribution in [0.1, 0.15) is 0 Å². The molecule has 114 valence electrons. The number of rotatable bonds is 2. The summed E-state index contributed by atoms with van der Waals surface area (Å²) >= 11 is 0. The summed E-state index contributed by atoms with van der Waals surface area (Å²) in [6.07, 6.45) is 0. The Bertz CT molecular complexity index is 1040. The molecule has 23 heavy (non-hydrogen) atoms. The fourth-order valence-electron chi connectivity index (χ4n) is 2.28. The molecular weight excluding hydrogens is 296 g/mol. The largest absolute Gasteiger partial charge is 0.383 e. The highest BCUT2D eigenvalue weighted by Gasteiger charge is 2.19. The van der Waals surface area contributed by atoms with Crippen LogP contribution in [-0.4, -0.2) is 24.8 Å². The standard InChI is InChI=1S/C13H12N10/c14-9-7-10(15)20-21-12(7)23-13(17-9)8(11(16)22-23)19-18-6-4-2-1-3-5-6/h1-5H,(H2,14,17)(H2,16,22)(H3,15,20,21). The number of nitrogen functional groups attached to an aromatic ring is 3. The summed E-state index contributed by atoms with van der Waals surface area (Å²) in [6, 6.07) is 9.25. The third kappa shape index (κ3) is 1.92. The fraction of sp³-hybridized carbons (Fsp3) is 0. The number of H-pyrrole nitrogens is 1. The summed E-state index contributed by atoms with van der Waals surface area (Å²) in [6.45, 7) is 0. The number of nitrogens with one attached hydrogen (secondary N) is 1. The van der Waals surface area contributed by atoms with E-state index in [1.54, 1.807) is 0 Å². The van der Waals surface area contributed by atoms with Crippen molar-refractivity contribution >= 4 is 45.5 Å². The molecule has 0 fully saturated rings. The van der Waals surface area contributed by atoms with Gasteiger partial charge in [-0.05, 0) is 12.1 Å². The summed E-state index contributed by atoms with van der Waals surface area (Å²) in [7, 11) is 0. The predicted octanol–water partition coefficient (Wildman–Crippen LogP) is 1.77. The first-order valence-electron chi connectivity index (χ1n) is 6.69. The zero-order chi connectivity index (χ0) is 16.0. The number of fused-ring (bicyclic) bond motifs is 3. The molecule has 0 atom stereocenters. The summed E-state index contributed by atoms with van der Waals surface area (Å²) < 4.78 is 1.44. The van der Waals surface area contributed by atoms with Crippen molar-refractivity contribution in [1.82, 2.24) is 24.8 Å². The highest BCUT2D eigenvalue weighted by atomic mass is 15.4. The molecule has 4 aromatic rings. The highest BCUT2D eigenvalue weighted by molar-refractivity contribution is 5.97. The monoisotopic (exact) mass is 308 g/mol. The molecular formula is C13H12N10. The first kappa shape index (κ1) is 13.0. The van der Waals surface area contributed by atoms with Crippen LogP contribution < -0.4 is 17.2 Å². The Morgan fingerprint density at radius 1 is 0.957 bits per heavy atom. The van der Waals surface area contributed by atoms with Crippen molar-refractivity contribution in [3.63, 3.8) is 0 Å². The Hall–Kier alpha value is -3.69. The first-order valence-corrected chi connectivity index (χ1v) is 6.69. The Kier molecular flexibility index (Phi) is 2.64. The van der Waals surface area contributed by atoms with Gasteiger partial charge in [-0.15, -0.1) is 10.2 Å². The molecule has 0 aliphatic heterocycles. The van der Waals surface area contributed by atoms with E-state index < -0.39 is 0 Å². The summed E-state index contributed by atoms with van der Waals surface area (Å²) in [4.78, 5) is 4.27. The molecule has 0 radical (unpaired) electrons. The lowest BCUT2D eigenvalue weighted by atomic mass is 10.3. The number of benzene rings is 1. The average Bonchev–Trinajstić information content (AvgIpc) is 3.08. The number of nitrogens with zero attached hydrogens (tertiary/aromatic N) is 6. The van der Waals surface area contributed by atoms with Crippen LogP contribution >= 0.6 is 0 Å². The van der Waals surface area contributed by atoms with Gasteiger partial charge in [0.05, 0.1) is 5.69 Å². The molecule has 0 aliphatic carbocycles. The molecule has 10 heteroatoms. The van der Waals surface area contributed by atoms with E-state index in [9.17, 15) is 0 Å².